The molecule has 1 aliphatic rings. The van der Waals surface area contributed by atoms with Crippen LogP contribution in [0.4, 0.5) is 0 Å². The highest BCUT2D eigenvalue weighted by Gasteiger charge is 2.38. The van der Waals surface area contributed by atoms with Gasteiger partial charge in [0.05, 0.1) is 22.9 Å². The molecule has 0 spiro atoms. The summed E-state index contributed by atoms with van der Waals surface area (Å²) >= 11 is 0. The van der Waals surface area contributed by atoms with Crippen LogP contribution in [0, 0.1) is 0 Å². The molecule has 1 atom stereocenters. The second-order valence-electron chi connectivity index (χ2n) is 6.44. The Labute approximate surface area is 133 Å². The van der Waals surface area contributed by atoms with Crippen LogP contribution in [-0.4, -0.2) is 26.4 Å². The van der Waals surface area contributed by atoms with Crippen molar-refractivity contribution in [3.63, 3.8) is 0 Å². The Balaban J connectivity index is 2.48. The van der Waals surface area contributed by atoms with Gasteiger partial charge in [0, 0.05) is 0 Å². The van der Waals surface area contributed by atoms with E-state index < -0.39 is 21.2 Å². The Bertz CT molecular complexity index is 654. The molecule has 22 heavy (non-hydrogen) atoms. The van der Waals surface area contributed by atoms with Crippen LogP contribution in [0.25, 0.3) is 0 Å². The second-order valence-corrected chi connectivity index (χ2v) is 8.94. The highest BCUT2D eigenvalue weighted by Crippen LogP contribution is 2.41. The minimum Gasteiger partial charge on any atom is -0.497 e. The summed E-state index contributed by atoms with van der Waals surface area (Å²) in [7, 11) is -1.76. The van der Waals surface area contributed by atoms with E-state index in [1.54, 1.807) is 21.0 Å². The maximum Gasteiger partial charge on any atom is 0.179 e. The summed E-state index contributed by atoms with van der Waals surface area (Å²) < 4.78 is 36.5. The first-order chi connectivity index (χ1) is 10.2. The standard InChI is InChI=1S/C17H24O4S/c1-12(2)22(18,19)15-10-11-17(3,4)21-16(15)13-6-8-14(20-5)9-7-13/h6-10,12,16H,11H2,1-5H3. The SMILES string of the molecule is COc1ccc(C2OC(C)(C)CC=C2S(=O)(=O)C(C)C)cc1. The van der Waals surface area contributed by atoms with Crippen LogP contribution in [0.1, 0.15) is 45.8 Å². The quantitative estimate of drug-likeness (QED) is 0.848. The van der Waals surface area contributed by atoms with E-state index in [0.29, 0.717) is 11.3 Å². The lowest BCUT2D eigenvalue weighted by molar-refractivity contribution is -0.0612. The van der Waals surface area contributed by atoms with Crippen LogP contribution in [0.3, 0.4) is 0 Å². The van der Waals surface area contributed by atoms with E-state index in [9.17, 15) is 8.42 Å². The Morgan fingerprint density at radius 3 is 2.32 bits per heavy atom. The number of hydrogen-bond acceptors (Lipinski definition) is 4. The Morgan fingerprint density at radius 1 is 1.23 bits per heavy atom. The van der Waals surface area contributed by atoms with E-state index in [0.717, 1.165) is 11.3 Å². The van der Waals surface area contributed by atoms with Crippen LogP contribution in [0.15, 0.2) is 35.2 Å². The molecule has 1 aromatic carbocycles. The van der Waals surface area contributed by atoms with Gasteiger partial charge in [0.25, 0.3) is 0 Å². The molecule has 5 heteroatoms. The predicted octanol–water partition coefficient (Wildman–Crippen LogP) is 3.64. The van der Waals surface area contributed by atoms with Gasteiger partial charge in [-0.2, -0.15) is 0 Å². The van der Waals surface area contributed by atoms with Crippen LogP contribution in [0.5, 0.6) is 5.75 Å². The third-order valence-electron chi connectivity index (χ3n) is 3.86. The van der Waals surface area contributed by atoms with E-state index >= 15 is 0 Å². The third-order valence-corrected chi connectivity index (χ3v) is 6.14. The molecule has 2 rings (SSSR count). The molecule has 0 saturated carbocycles. The fourth-order valence-corrected chi connectivity index (χ4v) is 3.77. The van der Waals surface area contributed by atoms with Gasteiger partial charge in [-0.25, -0.2) is 8.42 Å². The molecule has 0 N–H and O–H groups in total. The van der Waals surface area contributed by atoms with E-state index in [4.69, 9.17) is 9.47 Å². The molecule has 1 aliphatic heterocycles. The molecule has 122 valence electrons. The summed E-state index contributed by atoms with van der Waals surface area (Å²) in [6, 6.07) is 7.35. The second kappa shape index (κ2) is 6.05. The van der Waals surface area contributed by atoms with Gasteiger partial charge in [-0.05, 0) is 51.8 Å². The first kappa shape index (κ1) is 17.0. The summed E-state index contributed by atoms with van der Waals surface area (Å²) in [5.74, 6) is 0.732. The van der Waals surface area contributed by atoms with Crippen LogP contribution < -0.4 is 4.74 Å². The van der Waals surface area contributed by atoms with Crippen molar-refractivity contribution in [3.8, 4) is 5.75 Å². The average Bonchev–Trinajstić information content (AvgIpc) is 2.46. The number of hydrogen-bond donors (Lipinski definition) is 0. The lowest BCUT2D eigenvalue weighted by atomic mass is 9.97. The maximum absolute atomic E-state index is 12.6. The predicted molar refractivity (Wildman–Crippen MR) is 87.7 cm³/mol. The van der Waals surface area contributed by atoms with E-state index in [2.05, 4.69) is 0 Å². The van der Waals surface area contributed by atoms with Crippen molar-refractivity contribution in [1.29, 1.82) is 0 Å². The molecule has 0 aromatic heterocycles. The first-order valence-corrected chi connectivity index (χ1v) is 8.98. The monoisotopic (exact) mass is 324 g/mol. The van der Waals surface area contributed by atoms with Gasteiger partial charge < -0.3 is 9.47 Å². The molecule has 1 unspecified atom stereocenters. The summed E-state index contributed by atoms with van der Waals surface area (Å²) in [5.41, 5.74) is 0.435. The van der Waals surface area contributed by atoms with Crippen molar-refractivity contribution >= 4 is 9.84 Å². The molecule has 1 heterocycles. The zero-order chi connectivity index (χ0) is 16.5. The largest absolute Gasteiger partial charge is 0.497 e. The van der Waals surface area contributed by atoms with Crippen molar-refractivity contribution < 1.29 is 17.9 Å². The molecule has 0 saturated heterocycles. The Kier molecular flexibility index (Phi) is 4.68. The number of ether oxygens (including phenoxy) is 2. The highest BCUT2D eigenvalue weighted by molar-refractivity contribution is 7.95. The third kappa shape index (κ3) is 3.36. The topological polar surface area (TPSA) is 52.6 Å². The van der Waals surface area contributed by atoms with Crippen LogP contribution in [0.2, 0.25) is 0 Å². The number of sulfone groups is 1. The van der Waals surface area contributed by atoms with Crippen molar-refractivity contribution in [2.24, 2.45) is 0 Å². The zero-order valence-electron chi connectivity index (χ0n) is 13.8. The van der Waals surface area contributed by atoms with Crippen molar-refractivity contribution in [3.05, 3.63) is 40.8 Å². The van der Waals surface area contributed by atoms with E-state index in [1.807, 2.05) is 44.2 Å². The normalized spacial score (nSPS) is 21.5. The first-order valence-electron chi connectivity index (χ1n) is 7.43. The van der Waals surface area contributed by atoms with E-state index in [-0.39, 0.29) is 5.60 Å². The molecule has 4 nitrogen and oxygen atoms in total. The van der Waals surface area contributed by atoms with Gasteiger partial charge in [0.2, 0.25) is 0 Å². The molecule has 0 amide bonds. The average molecular weight is 324 g/mol. The van der Waals surface area contributed by atoms with Crippen LogP contribution in [-0.2, 0) is 14.6 Å². The van der Waals surface area contributed by atoms with Gasteiger partial charge in [-0.3, -0.25) is 0 Å². The molecule has 0 bridgehead atoms. The number of methoxy groups -OCH3 is 1. The number of benzene rings is 1. The van der Waals surface area contributed by atoms with E-state index in [1.165, 1.54) is 0 Å². The fraction of sp³-hybridized carbons (Fsp3) is 0.529. The molecule has 0 fully saturated rings. The fourth-order valence-electron chi connectivity index (χ4n) is 2.43. The summed E-state index contributed by atoms with van der Waals surface area (Å²) in [4.78, 5) is 0.368. The molecular weight excluding hydrogens is 300 g/mol. The zero-order valence-corrected chi connectivity index (χ0v) is 14.6. The lowest BCUT2D eigenvalue weighted by Crippen LogP contribution is -2.34. The smallest absolute Gasteiger partial charge is 0.179 e. The van der Waals surface area contributed by atoms with Gasteiger partial charge >= 0.3 is 0 Å². The molecule has 0 aliphatic carbocycles. The Morgan fingerprint density at radius 2 is 1.82 bits per heavy atom. The van der Waals surface area contributed by atoms with Crippen molar-refractivity contribution in [2.75, 3.05) is 7.11 Å². The van der Waals surface area contributed by atoms with Gasteiger partial charge in [0.15, 0.2) is 9.84 Å². The number of rotatable bonds is 4. The minimum atomic E-state index is -3.36. The Hall–Kier alpha value is -1.33. The summed E-state index contributed by atoms with van der Waals surface area (Å²) in [5, 5.41) is -0.468. The summed E-state index contributed by atoms with van der Waals surface area (Å²) in [6.07, 6.45) is 1.83. The molecular formula is C17H24O4S. The highest BCUT2D eigenvalue weighted by atomic mass is 32.2. The minimum absolute atomic E-state index is 0.368. The van der Waals surface area contributed by atoms with Gasteiger partial charge in [-0.15, -0.1) is 0 Å². The van der Waals surface area contributed by atoms with Crippen molar-refractivity contribution in [2.45, 2.75) is 51.1 Å². The lowest BCUT2D eigenvalue weighted by Gasteiger charge is -2.36. The summed E-state index contributed by atoms with van der Waals surface area (Å²) in [6.45, 7) is 7.33. The molecule has 1 aromatic rings. The van der Waals surface area contributed by atoms with Gasteiger partial charge in [-0.1, -0.05) is 18.2 Å². The van der Waals surface area contributed by atoms with Crippen molar-refractivity contribution in [1.82, 2.24) is 0 Å². The van der Waals surface area contributed by atoms with Gasteiger partial charge in [0.1, 0.15) is 11.9 Å². The van der Waals surface area contributed by atoms with Crippen LogP contribution >= 0.6 is 0 Å². The maximum atomic E-state index is 12.6. The molecule has 0 radical (unpaired) electrons.